The van der Waals surface area contributed by atoms with Crippen molar-refractivity contribution in [3.05, 3.63) is 101 Å². The van der Waals surface area contributed by atoms with Gasteiger partial charge in [0.25, 0.3) is 11.8 Å². The molecule has 0 saturated carbocycles. The monoisotopic (exact) mass is 570 g/mol. The second-order valence-corrected chi connectivity index (χ2v) is 10.1. The van der Waals surface area contributed by atoms with E-state index in [0.29, 0.717) is 29.1 Å². The van der Waals surface area contributed by atoms with Gasteiger partial charge in [-0.15, -0.1) is 0 Å². The van der Waals surface area contributed by atoms with Gasteiger partial charge in [0, 0.05) is 69.0 Å². The van der Waals surface area contributed by atoms with Crippen molar-refractivity contribution in [2.24, 2.45) is 10.7 Å². The molecule has 42 heavy (non-hydrogen) atoms. The third-order valence-electron chi connectivity index (χ3n) is 6.09. The van der Waals surface area contributed by atoms with Gasteiger partial charge in [-0.3, -0.25) is 19.9 Å². The van der Waals surface area contributed by atoms with E-state index in [4.69, 9.17) is 10.5 Å². The summed E-state index contributed by atoms with van der Waals surface area (Å²) in [6.07, 6.45) is 1.04. The van der Waals surface area contributed by atoms with Crippen LogP contribution < -0.4 is 26.0 Å². The van der Waals surface area contributed by atoms with Crippen LogP contribution in [0.2, 0.25) is 0 Å². The van der Waals surface area contributed by atoms with E-state index in [0.717, 1.165) is 11.3 Å². The van der Waals surface area contributed by atoms with Gasteiger partial charge < -0.3 is 25.6 Å². The first-order valence-corrected chi connectivity index (χ1v) is 13.5. The predicted molar refractivity (Wildman–Crippen MR) is 167 cm³/mol. The van der Waals surface area contributed by atoms with Crippen molar-refractivity contribution < 1.29 is 19.1 Å². The smallest absolute Gasteiger partial charge is 0.410 e. The van der Waals surface area contributed by atoms with Crippen LogP contribution in [0.4, 0.5) is 16.2 Å². The van der Waals surface area contributed by atoms with Gasteiger partial charge in [0.2, 0.25) is 0 Å². The van der Waals surface area contributed by atoms with Crippen LogP contribution in [0.15, 0.2) is 95.1 Å². The number of nitrogens with one attached hydrogen (secondary N) is 2. The Balaban J connectivity index is 1.63. The van der Waals surface area contributed by atoms with Crippen molar-refractivity contribution >= 4 is 35.5 Å². The zero-order valence-electron chi connectivity index (χ0n) is 24.6. The fourth-order valence-electron chi connectivity index (χ4n) is 3.77. The third-order valence-corrected chi connectivity index (χ3v) is 6.09. The third kappa shape index (κ3) is 9.51. The Bertz CT molecular complexity index is 1420. The van der Waals surface area contributed by atoms with Crippen LogP contribution in [0.5, 0.6) is 5.75 Å². The van der Waals surface area contributed by atoms with Gasteiger partial charge in [-0.25, -0.2) is 4.79 Å². The van der Waals surface area contributed by atoms with Crippen LogP contribution in [0.1, 0.15) is 29.8 Å². The quantitative estimate of drug-likeness (QED) is 0.231. The Kier molecular flexibility index (Phi) is 11.2. The van der Waals surface area contributed by atoms with Gasteiger partial charge in [-0.05, 0) is 67.9 Å². The first kappa shape index (κ1) is 31.4. The van der Waals surface area contributed by atoms with E-state index in [2.05, 4.69) is 15.6 Å². The first-order valence-electron chi connectivity index (χ1n) is 13.5. The molecule has 3 amide bonds. The molecule has 0 heterocycles. The van der Waals surface area contributed by atoms with Crippen LogP contribution in [0.25, 0.3) is 0 Å². The maximum Gasteiger partial charge on any atom is 0.417 e. The summed E-state index contributed by atoms with van der Waals surface area (Å²) < 4.78 is 5.23. The largest absolute Gasteiger partial charge is 0.417 e. The second-order valence-electron chi connectivity index (χ2n) is 10.1. The fraction of sp³-hybridized carbons (Fsp3) is 0.250. The molecule has 0 aliphatic rings. The number of aliphatic imine (C=N–C) groups is 1. The lowest BCUT2D eigenvalue weighted by molar-refractivity contribution is -0.117. The summed E-state index contributed by atoms with van der Waals surface area (Å²) in [5.74, 6) is -0.0567. The summed E-state index contributed by atoms with van der Waals surface area (Å²) in [4.78, 5) is 45.2. The van der Waals surface area contributed by atoms with Crippen molar-refractivity contribution in [1.29, 1.82) is 0 Å². The highest BCUT2D eigenvalue weighted by Crippen LogP contribution is 2.17. The number of ether oxygens (including phenoxy) is 1. The van der Waals surface area contributed by atoms with E-state index >= 15 is 0 Å². The average Bonchev–Trinajstić information content (AvgIpc) is 2.98. The molecule has 4 N–H and O–H groups in total. The lowest BCUT2D eigenvalue weighted by Crippen LogP contribution is -2.32. The molecule has 0 unspecified atom stereocenters. The van der Waals surface area contributed by atoms with Crippen molar-refractivity contribution in [3.8, 4) is 5.75 Å². The van der Waals surface area contributed by atoms with Gasteiger partial charge >= 0.3 is 6.09 Å². The number of hydrogen-bond donors (Lipinski definition) is 3. The molecule has 3 aromatic rings. The number of rotatable bonds is 11. The standard InChI is InChI=1S/C32H38N6O4/c1-22(2)34-20-25(21-38(5)27-17-13-24(14-18-27)31(40)37(3)4)29(33)30(39)35-19-23-11-15-26(16-12-23)36-32(41)42-28-9-7-6-8-10-28/h6-18,20,22H,19,21,33H2,1-5H3,(H,35,39)(H,36,41). The van der Waals surface area contributed by atoms with Crippen LogP contribution in [-0.2, 0) is 11.3 Å². The Hall–Kier alpha value is -5.12. The van der Waals surface area contributed by atoms with Crippen molar-refractivity contribution in [2.75, 3.05) is 37.9 Å². The number of carbonyl (C=O) groups is 3. The number of para-hydroxylation sites is 1. The van der Waals surface area contributed by atoms with Gasteiger partial charge in [0.05, 0.1) is 0 Å². The predicted octanol–water partition coefficient (Wildman–Crippen LogP) is 4.44. The van der Waals surface area contributed by atoms with Gasteiger partial charge in [-0.2, -0.15) is 0 Å². The molecule has 0 aliphatic carbocycles. The minimum absolute atomic E-state index is 0.0228. The van der Waals surface area contributed by atoms with E-state index < -0.39 is 12.0 Å². The first-order chi connectivity index (χ1) is 20.0. The molecule has 0 aliphatic heterocycles. The molecule has 3 aromatic carbocycles. The normalized spacial score (nSPS) is 11.6. The Morgan fingerprint density at radius 2 is 1.57 bits per heavy atom. The summed E-state index contributed by atoms with van der Waals surface area (Å²) in [5.41, 5.74) is 9.76. The van der Waals surface area contributed by atoms with Gasteiger partial charge in [-0.1, -0.05) is 30.3 Å². The Morgan fingerprint density at radius 1 is 0.929 bits per heavy atom. The van der Waals surface area contributed by atoms with Crippen molar-refractivity contribution in [1.82, 2.24) is 10.2 Å². The van der Waals surface area contributed by atoms with Crippen LogP contribution >= 0.6 is 0 Å². The molecule has 0 fully saturated rings. The molecule has 3 rings (SSSR count). The van der Waals surface area contributed by atoms with Gasteiger partial charge in [0.1, 0.15) is 11.4 Å². The number of likely N-dealkylation sites (N-methyl/N-ethyl adjacent to an activating group) is 1. The number of carbonyl (C=O) groups excluding carboxylic acids is 3. The molecule has 0 spiro atoms. The number of hydrogen-bond acceptors (Lipinski definition) is 7. The fourth-order valence-corrected chi connectivity index (χ4v) is 3.77. The maximum atomic E-state index is 13.0. The summed E-state index contributed by atoms with van der Waals surface area (Å²) in [7, 11) is 5.29. The Morgan fingerprint density at radius 3 is 2.17 bits per heavy atom. The number of nitrogens with two attached hydrogens (primary N) is 1. The average molecular weight is 571 g/mol. The Labute approximate surface area is 246 Å². The minimum atomic E-state index is -0.598. The van der Waals surface area contributed by atoms with Crippen LogP contribution in [0.3, 0.4) is 0 Å². The molecular formula is C32H38N6O4. The number of benzene rings is 3. The molecule has 220 valence electrons. The molecule has 0 saturated heterocycles. The lowest BCUT2D eigenvalue weighted by Gasteiger charge is -2.21. The van der Waals surface area contributed by atoms with E-state index in [1.54, 1.807) is 81.0 Å². The van der Waals surface area contributed by atoms with Crippen molar-refractivity contribution in [2.45, 2.75) is 26.4 Å². The molecule has 0 atom stereocenters. The van der Waals surface area contributed by atoms with E-state index in [-0.39, 0.29) is 24.2 Å². The number of anilines is 2. The SMILES string of the molecule is CC(C)N=CC(CN(C)c1ccc(C(=O)N(C)C)cc1)=C(N)C(=O)NCc1ccc(NC(=O)Oc2ccccc2)cc1. The zero-order chi connectivity index (χ0) is 30.6. The number of nitrogens with zero attached hydrogens (tertiary/aromatic N) is 3. The molecule has 10 nitrogen and oxygen atoms in total. The number of amides is 3. The molecule has 0 aromatic heterocycles. The second kappa shape index (κ2) is 15.0. The zero-order valence-corrected chi connectivity index (χ0v) is 24.6. The van der Waals surface area contributed by atoms with E-state index in [1.807, 2.05) is 44.0 Å². The summed E-state index contributed by atoms with van der Waals surface area (Å²) in [6.45, 7) is 4.44. The summed E-state index contributed by atoms with van der Waals surface area (Å²) >= 11 is 0. The minimum Gasteiger partial charge on any atom is -0.410 e. The molecule has 0 radical (unpaired) electrons. The highest BCUT2D eigenvalue weighted by molar-refractivity contribution is 5.99. The molecule has 0 bridgehead atoms. The maximum absolute atomic E-state index is 13.0. The van der Waals surface area contributed by atoms with E-state index in [9.17, 15) is 14.4 Å². The van der Waals surface area contributed by atoms with Crippen LogP contribution in [0, 0.1) is 0 Å². The topological polar surface area (TPSA) is 129 Å². The molecule has 10 heteroatoms. The summed E-state index contributed by atoms with van der Waals surface area (Å²) in [5, 5.41) is 5.52. The molecular weight excluding hydrogens is 532 g/mol. The highest BCUT2D eigenvalue weighted by atomic mass is 16.6. The lowest BCUT2D eigenvalue weighted by atomic mass is 10.1. The van der Waals surface area contributed by atoms with E-state index in [1.165, 1.54) is 4.90 Å². The highest BCUT2D eigenvalue weighted by Gasteiger charge is 2.15. The van der Waals surface area contributed by atoms with Crippen LogP contribution in [-0.4, -0.2) is 62.8 Å². The van der Waals surface area contributed by atoms with Gasteiger partial charge in [0.15, 0.2) is 0 Å². The summed E-state index contributed by atoms with van der Waals surface area (Å²) in [6, 6.07) is 23.1. The van der Waals surface area contributed by atoms with Crippen molar-refractivity contribution in [3.63, 3.8) is 0 Å².